The summed E-state index contributed by atoms with van der Waals surface area (Å²) < 4.78 is 5.14. The normalized spacial score (nSPS) is 13.5. The number of nitrogen functional groups attached to an aromatic ring is 1. The minimum Gasteiger partial charge on any atom is -0.506 e. The lowest BCUT2D eigenvalue weighted by Gasteiger charge is -2.18. The Morgan fingerprint density at radius 1 is 1.17 bits per heavy atom. The monoisotopic (exact) mass is 316 g/mol. The number of nitrogens with two attached hydrogens (primary N) is 1. The van der Waals surface area contributed by atoms with Crippen molar-refractivity contribution in [3.05, 3.63) is 53.6 Å². The first-order chi connectivity index (χ1) is 11.0. The van der Waals surface area contributed by atoms with E-state index in [4.69, 9.17) is 10.5 Å². The molecule has 0 saturated heterocycles. The molecule has 5 nitrogen and oxygen atoms in total. The lowest BCUT2D eigenvalue weighted by molar-refractivity contribution is 0.170. The summed E-state index contributed by atoms with van der Waals surface area (Å²) in [5.74, 6) is 0.872. The highest BCUT2D eigenvalue weighted by atomic mass is 16.5. The van der Waals surface area contributed by atoms with Gasteiger partial charge in [-0.2, -0.15) is 0 Å². The Labute approximate surface area is 136 Å². The summed E-state index contributed by atoms with van der Waals surface area (Å²) in [7, 11) is 1.65. The van der Waals surface area contributed by atoms with Crippen LogP contribution >= 0.6 is 0 Å². The van der Waals surface area contributed by atoms with E-state index in [2.05, 4.69) is 12.2 Å². The van der Waals surface area contributed by atoms with Crippen LogP contribution in [0.3, 0.4) is 0 Å². The third-order valence-electron chi connectivity index (χ3n) is 3.80. The molecule has 2 aromatic rings. The van der Waals surface area contributed by atoms with Crippen molar-refractivity contribution >= 4 is 5.69 Å². The van der Waals surface area contributed by atoms with Crippen LogP contribution in [0.4, 0.5) is 5.69 Å². The van der Waals surface area contributed by atoms with Gasteiger partial charge in [-0.25, -0.2) is 0 Å². The van der Waals surface area contributed by atoms with E-state index in [1.54, 1.807) is 19.2 Å². The molecule has 5 heteroatoms. The lowest BCUT2D eigenvalue weighted by Crippen LogP contribution is -2.32. The number of aromatic hydroxyl groups is 1. The third kappa shape index (κ3) is 4.87. The molecular weight excluding hydrogens is 292 g/mol. The summed E-state index contributed by atoms with van der Waals surface area (Å²) in [6.07, 6.45) is 0.185. The van der Waals surface area contributed by atoms with E-state index in [9.17, 15) is 10.2 Å². The van der Waals surface area contributed by atoms with E-state index < -0.39 is 6.10 Å². The first-order valence-corrected chi connectivity index (χ1v) is 7.62. The number of ether oxygens (including phenoxy) is 1. The first kappa shape index (κ1) is 17.1. The Balaban J connectivity index is 1.85. The molecular formula is C18H24N2O3. The predicted octanol–water partition coefficient (Wildman–Crippen LogP) is 2.24. The molecule has 0 saturated carbocycles. The van der Waals surface area contributed by atoms with Crippen LogP contribution in [0.2, 0.25) is 0 Å². The Bertz CT molecular complexity index is 629. The Kier molecular flexibility index (Phi) is 5.84. The van der Waals surface area contributed by atoms with Crippen LogP contribution in [0.1, 0.15) is 24.2 Å². The second kappa shape index (κ2) is 7.85. The van der Waals surface area contributed by atoms with Crippen LogP contribution in [0.5, 0.6) is 11.5 Å². The van der Waals surface area contributed by atoms with Gasteiger partial charge in [0.1, 0.15) is 11.5 Å². The largest absolute Gasteiger partial charge is 0.506 e. The number of rotatable bonds is 7. The number of hydrogen-bond acceptors (Lipinski definition) is 5. The molecule has 0 unspecified atom stereocenters. The fraction of sp³-hybridized carbons (Fsp3) is 0.333. The van der Waals surface area contributed by atoms with Crippen LogP contribution in [0.15, 0.2) is 42.5 Å². The minimum atomic E-state index is -0.670. The topological polar surface area (TPSA) is 87.7 Å². The van der Waals surface area contributed by atoms with Gasteiger partial charge in [0.2, 0.25) is 0 Å². The van der Waals surface area contributed by atoms with Crippen LogP contribution in [-0.4, -0.2) is 29.9 Å². The van der Waals surface area contributed by atoms with E-state index in [0.29, 0.717) is 12.1 Å². The molecule has 2 aromatic carbocycles. The molecule has 0 aliphatic carbocycles. The number of phenolic OH excluding ortho intramolecular Hbond substituents is 1. The maximum atomic E-state index is 10.2. The van der Waals surface area contributed by atoms with Crippen molar-refractivity contribution in [1.29, 1.82) is 0 Å². The summed E-state index contributed by atoms with van der Waals surface area (Å²) in [5, 5.41) is 22.9. The second-order valence-corrected chi connectivity index (χ2v) is 5.70. The summed E-state index contributed by atoms with van der Waals surface area (Å²) in [4.78, 5) is 0. The van der Waals surface area contributed by atoms with Crippen molar-refractivity contribution in [3.8, 4) is 11.5 Å². The number of anilines is 1. The Hall–Kier alpha value is -2.24. The van der Waals surface area contributed by atoms with Gasteiger partial charge in [0.25, 0.3) is 0 Å². The number of methoxy groups -OCH3 is 1. The molecule has 0 fully saturated rings. The molecule has 2 atom stereocenters. The minimum absolute atomic E-state index is 0.0294. The van der Waals surface area contributed by atoms with E-state index in [0.717, 1.165) is 12.2 Å². The van der Waals surface area contributed by atoms with Crippen LogP contribution in [-0.2, 0) is 6.42 Å². The van der Waals surface area contributed by atoms with Gasteiger partial charge in [-0.3, -0.25) is 0 Å². The molecule has 124 valence electrons. The van der Waals surface area contributed by atoms with Gasteiger partial charge >= 0.3 is 0 Å². The van der Waals surface area contributed by atoms with Crippen molar-refractivity contribution in [2.75, 3.05) is 19.4 Å². The zero-order valence-corrected chi connectivity index (χ0v) is 13.5. The van der Waals surface area contributed by atoms with Gasteiger partial charge in [0.05, 0.1) is 18.9 Å². The summed E-state index contributed by atoms with van der Waals surface area (Å²) >= 11 is 0. The molecule has 23 heavy (non-hydrogen) atoms. The predicted molar refractivity (Wildman–Crippen MR) is 91.6 cm³/mol. The second-order valence-electron chi connectivity index (χ2n) is 5.70. The maximum Gasteiger partial charge on any atom is 0.138 e. The van der Waals surface area contributed by atoms with Gasteiger partial charge in [0, 0.05) is 12.6 Å². The quantitative estimate of drug-likeness (QED) is 0.465. The van der Waals surface area contributed by atoms with E-state index in [1.807, 2.05) is 24.3 Å². The molecule has 0 amide bonds. The summed E-state index contributed by atoms with van der Waals surface area (Å²) in [6.45, 7) is 2.49. The van der Waals surface area contributed by atoms with Crippen LogP contribution < -0.4 is 15.8 Å². The fourth-order valence-corrected chi connectivity index (χ4v) is 2.40. The van der Waals surface area contributed by atoms with E-state index in [1.165, 1.54) is 11.6 Å². The van der Waals surface area contributed by atoms with Crippen molar-refractivity contribution < 1.29 is 14.9 Å². The smallest absolute Gasteiger partial charge is 0.138 e. The molecule has 0 aromatic heterocycles. The average Bonchev–Trinajstić information content (AvgIpc) is 2.56. The number of aliphatic hydroxyl groups excluding tert-OH is 1. The molecule has 0 radical (unpaired) electrons. The van der Waals surface area contributed by atoms with Crippen molar-refractivity contribution in [3.63, 3.8) is 0 Å². The number of aliphatic hydroxyl groups is 1. The number of nitrogens with one attached hydrogen (secondary N) is 1. The highest BCUT2D eigenvalue weighted by molar-refractivity contribution is 5.53. The zero-order valence-electron chi connectivity index (χ0n) is 13.5. The van der Waals surface area contributed by atoms with Crippen molar-refractivity contribution in [2.45, 2.75) is 25.5 Å². The van der Waals surface area contributed by atoms with Crippen LogP contribution in [0.25, 0.3) is 0 Å². The molecule has 0 bridgehead atoms. The zero-order chi connectivity index (χ0) is 16.8. The Morgan fingerprint density at radius 3 is 2.48 bits per heavy atom. The molecule has 2 rings (SSSR count). The highest BCUT2D eigenvalue weighted by Gasteiger charge is 2.11. The van der Waals surface area contributed by atoms with Gasteiger partial charge in [0.15, 0.2) is 0 Å². The van der Waals surface area contributed by atoms with Gasteiger partial charge in [-0.15, -0.1) is 0 Å². The van der Waals surface area contributed by atoms with E-state index in [-0.39, 0.29) is 17.5 Å². The van der Waals surface area contributed by atoms with E-state index >= 15 is 0 Å². The molecule has 0 heterocycles. The fourth-order valence-electron chi connectivity index (χ4n) is 2.40. The number of benzene rings is 2. The SMILES string of the molecule is COc1ccc(C[C@@H](C)NC[C@@H](O)c2ccc(O)c(N)c2)cc1. The van der Waals surface area contributed by atoms with Gasteiger partial charge in [-0.1, -0.05) is 18.2 Å². The lowest BCUT2D eigenvalue weighted by atomic mass is 10.1. The van der Waals surface area contributed by atoms with Crippen molar-refractivity contribution in [1.82, 2.24) is 5.32 Å². The van der Waals surface area contributed by atoms with Gasteiger partial charge in [-0.05, 0) is 48.7 Å². The third-order valence-corrected chi connectivity index (χ3v) is 3.80. The summed E-state index contributed by atoms with van der Waals surface area (Å²) in [6, 6.07) is 12.9. The Morgan fingerprint density at radius 2 is 1.87 bits per heavy atom. The average molecular weight is 316 g/mol. The van der Waals surface area contributed by atoms with Crippen LogP contribution in [0, 0.1) is 0 Å². The highest BCUT2D eigenvalue weighted by Crippen LogP contribution is 2.24. The number of phenols is 1. The molecule has 0 spiro atoms. The molecule has 0 aliphatic heterocycles. The van der Waals surface area contributed by atoms with Crippen molar-refractivity contribution in [2.24, 2.45) is 0 Å². The standard InChI is InChI=1S/C18H24N2O3/c1-12(9-13-3-6-15(23-2)7-4-13)20-11-18(22)14-5-8-17(21)16(19)10-14/h3-8,10,12,18,20-22H,9,11,19H2,1-2H3/t12-,18-/m1/s1. The number of hydrogen-bond donors (Lipinski definition) is 4. The maximum absolute atomic E-state index is 10.2. The van der Waals surface area contributed by atoms with Gasteiger partial charge < -0.3 is 26.0 Å². The summed E-state index contributed by atoms with van der Waals surface area (Å²) in [5.41, 5.74) is 7.81. The molecule has 0 aliphatic rings. The molecule has 5 N–H and O–H groups in total. The first-order valence-electron chi connectivity index (χ1n) is 7.62.